The standard InChI is InChI=1S/C23H20O4/c1-17(24)21-9-5-6-10-22(21)27-16-15-26-20-13-11-19(12-14-20)23(25)18-7-3-2-4-8-18/h2-14H,15-16H2,1H3. The van der Waals surface area contributed by atoms with Gasteiger partial charge in [-0.25, -0.2) is 0 Å². The fraction of sp³-hybridized carbons (Fsp3) is 0.130. The average Bonchev–Trinajstić information content (AvgIpc) is 2.72. The molecule has 0 N–H and O–H groups in total. The molecule has 0 saturated heterocycles. The summed E-state index contributed by atoms with van der Waals surface area (Å²) in [4.78, 5) is 23.9. The number of hydrogen-bond donors (Lipinski definition) is 0. The Morgan fingerprint density at radius 1 is 0.704 bits per heavy atom. The van der Waals surface area contributed by atoms with Crippen molar-refractivity contribution < 1.29 is 19.1 Å². The largest absolute Gasteiger partial charge is 0.490 e. The summed E-state index contributed by atoms with van der Waals surface area (Å²) in [7, 11) is 0. The summed E-state index contributed by atoms with van der Waals surface area (Å²) < 4.78 is 11.3. The van der Waals surface area contributed by atoms with Crippen molar-refractivity contribution in [3.63, 3.8) is 0 Å². The molecule has 0 aliphatic rings. The maximum absolute atomic E-state index is 12.4. The number of benzene rings is 3. The minimum atomic E-state index is -0.0369. The van der Waals surface area contributed by atoms with Gasteiger partial charge in [-0.15, -0.1) is 0 Å². The summed E-state index contributed by atoms with van der Waals surface area (Å²) in [5.41, 5.74) is 1.82. The number of carbonyl (C=O) groups excluding carboxylic acids is 2. The molecule has 3 aromatic carbocycles. The van der Waals surface area contributed by atoms with Crippen molar-refractivity contribution in [2.75, 3.05) is 13.2 Å². The Kier molecular flexibility index (Phi) is 6.00. The van der Waals surface area contributed by atoms with Crippen LogP contribution in [-0.4, -0.2) is 24.8 Å². The second-order valence-electron chi connectivity index (χ2n) is 5.97. The molecule has 136 valence electrons. The molecule has 0 aromatic heterocycles. The van der Waals surface area contributed by atoms with Crippen LogP contribution in [0, 0.1) is 0 Å². The Labute approximate surface area is 158 Å². The van der Waals surface area contributed by atoms with Crippen LogP contribution in [0.2, 0.25) is 0 Å². The average molecular weight is 360 g/mol. The summed E-state index contributed by atoms with van der Waals surface area (Å²) in [6.45, 7) is 2.16. The fourth-order valence-corrected chi connectivity index (χ4v) is 2.65. The summed E-state index contributed by atoms with van der Waals surface area (Å²) in [5, 5.41) is 0. The first-order valence-corrected chi connectivity index (χ1v) is 8.70. The van der Waals surface area contributed by atoms with E-state index in [1.165, 1.54) is 6.92 Å². The van der Waals surface area contributed by atoms with E-state index >= 15 is 0 Å². The minimum Gasteiger partial charge on any atom is -0.490 e. The van der Waals surface area contributed by atoms with Crippen LogP contribution in [0.4, 0.5) is 0 Å². The van der Waals surface area contributed by atoms with E-state index in [0.29, 0.717) is 41.4 Å². The van der Waals surface area contributed by atoms with Gasteiger partial charge in [0.2, 0.25) is 0 Å². The van der Waals surface area contributed by atoms with Crippen molar-refractivity contribution in [3.05, 3.63) is 95.6 Å². The minimum absolute atomic E-state index is 0.0219. The number of ether oxygens (including phenoxy) is 2. The van der Waals surface area contributed by atoms with Gasteiger partial charge in [0, 0.05) is 11.1 Å². The third kappa shape index (κ3) is 4.82. The van der Waals surface area contributed by atoms with Gasteiger partial charge in [-0.2, -0.15) is 0 Å². The molecule has 3 aromatic rings. The third-order valence-corrected chi connectivity index (χ3v) is 4.03. The molecule has 0 heterocycles. The second kappa shape index (κ2) is 8.81. The molecule has 0 atom stereocenters. The molecule has 0 aliphatic carbocycles. The number of ketones is 2. The lowest BCUT2D eigenvalue weighted by atomic mass is 10.0. The highest BCUT2D eigenvalue weighted by molar-refractivity contribution is 6.09. The van der Waals surface area contributed by atoms with Crippen LogP contribution in [0.1, 0.15) is 33.2 Å². The first-order valence-electron chi connectivity index (χ1n) is 8.70. The monoisotopic (exact) mass is 360 g/mol. The highest BCUT2D eigenvalue weighted by Gasteiger charge is 2.09. The smallest absolute Gasteiger partial charge is 0.193 e. The van der Waals surface area contributed by atoms with Crippen molar-refractivity contribution >= 4 is 11.6 Å². The van der Waals surface area contributed by atoms with Crippen LogP contribution >= 0.6 is 0 Å². The zero-order valence-electron chi connectivity index (χ0n) is 15.1. The lowest BCUT2D eigenvalue weighted by Crippen LogP contribution is -2.11. The van der Waals surface area contributed by atoms with Crippen LogP contribution in [0.25, 0.3) is 0 Å². The lowest BCUT2D eigenvalue weighted by molar-refractivity contribution is 0.101. The normalized spacial score (nSPS) is 10.3. The van der Waals surface area contributed by atoms with E-state index in [-0.39, 0.29) is 11.6 Å². The molecule has 0 amide bonds. The van der Waals surface area contributed by atoms with Crippen LogP contribution in [0.15, 0.2) is 78.9 Å². The fourth-order valence-electron chi connectivity index (χ4n) is 2.65. The molecule has 0 fully saturated rings. The quantitative estimate of drug-likeness (QED) is 0.436. The maximum atomic E-state index is 12.4. The van der Waals surface area contributed by atoms with Crippen molar-refractivity contribution in [2.45, 2.75) is 6.92 Å². The molecular weight excluding hydrogens is 340 g/mol. The van der Waals surface area contributed by atoms with Gasteiger partial charge in [0.15, 0.2) is 11.6 Å². The van der Waals surface area contributed by atoms with Crippen LogP contribution in [0.3, 0.4) is 0 Å². The predicted octanol–water partition coefficient (Wildman–Crippen LogP) is 4.58. The number of carbonyl (C=O) groups is 2. The van der Waals surface area contributed by atoms with E-state index in [2.05, 4.69) is 0 Å². The molecule has 27 heavy (non-hydrogen) atoms. The topological polar surface area (TPSA) is 52.6 Å². The van der Waals surface area contributed by atoms with Crippen molar-refractivity contribution in [1.82, 2.24) is 0 Å². The van der Waals surface area contributed by atoms with Gasteiger partial charge in [0.25, 0.3) is 0 Å². The molecule has 0 spiro atoms. The zero-order chi connectivity index (χ0) is 19.1. The summed E-state index contributed by atoms with van der Waals surface area (Å²) in [6.07, 6.45) is 0. The molecule has 0 radical (unpaired) electrons. The van der Waals surface area contributed by atoms with Gasteiger partial charge < -0.3 is 9.47 Å². The first kappa shape index (κ1) is 18.4. The molecule has 4 nitrogen and oxygen atoms in total. The maximum Gasteiger partial charge on any atom is 0.193 e. The molecule has 4 heteroatoms. The predicted molar refractivity (Wildman–Crippen MR) is 104 cm³/mol. The van der Waals surface area contributed by atoms with Crippen LogP contribution in [0.5, 0.6) is 11.5 Å². The molecule has 0 unspecified atom stereocenters. The van der Waals surface area contributed by atoms with E-state index < -0.39 is 0 Å². The van der Waals surface area contributed by atoms with E-state index in [9.17, 15) is 9.59 Å². The Morgan fingerprint density at radius 3 is 2.00 bits per heavy atom. The van der Waals surface area contributed by atoms with Gasteiger partial charge >= 0.3 is 0 Å². The third-order valence-electron chi connectivity index (χ3n) is 4.03. The van der Waals surface area contributed by atoms with Crippen molar-refractivity contribution in [1.29, 1.82) is 0 Å². The van der Waals surface area contributed by atoms with Crippen molar-refractivity contribution in [3.8, 4) is 11.5 Å². The number of para-hydroxylation sites is 1. The molecule has 0 saturated carbocycles. The highest BCUT2D eigenvalue weighted by Crippen LogP contribution is 2.19. The van der Waals surface area contributed by atoms with Gasteiger partial charge in [-0.05, 0) is 43.3 Å². The Balaban J connectivity index is 1.52. The molecule has 0 bridgehead atoms. The van der Waals surface area contributed by atoms with Crippen LogP contribution in [-0.2, 0) is 0 Å². The Hall–Kier alpha value is -3.40. The Morgan fingerprint density at radius 2 is 1.30 bits per heavy atom. The SMILES string of the molecule is CC(=O)c1ccccc1OCCOc1ccc(C(=O)c2ccccc2)cc1. The van der Waals surface area contributed by atoms with Crippen molar-refractivity contribution in [2.24, 2.45) is 0 Å². The highest BCUT2D eigenvalue weighted by atomic mass is 16.5. The van der Waals surface area contributed by atoms with E-state index in [4.69, 9.17) is 9.47 Å². The number of Topliss-reactive ketones (excluding diaryl/α,β-unsaturated/α-hetero) is 1. The molecular formula is C23H20O4. The number of rotatable bonds is 8. The summed E-state index contributed by atoms with van der Waals surface area (Å²) >= 11 is 0. The van der Waals surface area contributed by atoms with Gasteiger partial charge in [0.1, 0.15) is 24.7 Å². The molecule has 0 aliphatic heterocycles. The van der Waals surface area contributed by atoms with E-state index in [1.807, 2.05) is 24.3 Å². The van der Waals surface area contributed by atoms with E-state index in [0.717, 1.165) is 0 Å². The summed E-state index contributed by atoms with van der Waals surface area (Å²) in [6, 6.07) is 23.3. The van der Waals surface area contributed by atoms with Crippen LogP contribution < -0.4 is 9.47 Å². The van der Waals surface area contributed by atoms with Gasteiger partial charge in [0.05, 0.1) is 5.56 Å². The molecule has 3 rings (SSSR count). The first-order chi connectivity index (χ1) is 13.1. The summed E-state index contributed by atoms with van der Waals surface area (Å²) in [5.74, 6) is 1.15. The zero-order valence-corrected chi connectivity index (χ0v) is 15.1. The Bertz CT molecular complexity index is 915. The number of hydrogen-bond acceptors (Lipinski definition) is 4. The second-order valence-corrected chi connectivity index (χ2v) is 5.97. The van der Waals surface area contributed by atoms with Gasteiger partial charge in [-0.3, -0.25) is 9.59 Å². The van der Waals surface area contributed by atoms with E-state index in [1.54, 1.807) is 54.6 Å². The van der Waals surface area contributed by atoms with Gasteiger partial charge in [-0.1, -0.05) is 42.5 Å². The lowest BCUT2D eigenvalue weighted by Gasteiger charge is -2.11.